The first-order valence-electron chi connectivity index (χ1n) is 11.1. The van der Waals surface area contributed by atoms with Crippen molar-refractivity contribution in [3.05, 3.63) is 33.4 Å². The second-order valence-corrected chi connectivity index (χ2v) is 9.64. The molecule has 2 aliphatic rings. The van der Waals surface area contributed by atoms with Gasteiger partial charge < -0.3 is 4.90 Å². The Morgan fingerprint density at radius 3 is 2.72 bits per heavy atom. The molecule has 2 heterocycles. The van der Waals surface area contributed by atoms with Crippen molar-refractivity contribution in [1.82, 2.24) is 14.5 Å². The molecule has 1 aliphatic carbocycles. The first kappa shape index (κ1) is 21.1. The quantitative estimate of drug-likeness (QED) is 0.583. The summed E-state index contributed by atoms with van der Waals surface area (Å²) in [4.78, 5) is 4.93. The van der Waals surface area contributed by atoms with E-state index in [1.807, 2.05) is 0 Å². The summed E-state index contributed by atoms with van der Waals surface area (Å²) in [6.45, 7) is 13.1. The van der Waals surface area contributed by atoms with Crippen LogP contribution in [0.2, 0.25) is 0 Å². The summed E-state index contributed by atoms with van der Waals surface area (Å²) >= 11 is 9.67. The first-order chi connectivity index (χ1) is 14.0. The third-order valence-corrected chi connectivity index (χ3v) is 7.94. The molecule has 1 saturated heterocycles. The smallest absolute Gasteiger partial charge is 0.188 e. The van der Waals surface area contributed by atoms with Gasteiger partial charge in [-0.1, -0.05) is 13.0 Å². The van der Waals surface area contributed by atoms with Crippen LogP contribution in [0.5, 0.6) is 0 Å². The SMILES string of the molecule is CCCN1CCC[C@@H]2c3cc(C)cc4c3c(c(Br)n4NC(=S)N(CC)CC)C[C@H]21. The molecular weight excluding hydrogens is 444 g/mol. The lowest BCUT2D eigenvalue weighted by Gasteiger charge is -2.44. The van der Waals surface area contributed by atoms with E-state index in [9.17, 15) is 0 Å². The van der Waals surface area contributed by atoms with Crippen LogP contribution in [0, 0.1) is 6.92 Å². The molecule has 4 nitrogen and oxygen atoms in total. The molecule has 1 fully saturated rings. The highest BCUT2D eigenvalue weighted by atomic mass is 79.9. The van der Waals surface area contributed by atoms with Crippen molar-refractivity contribution in [2.24, 2.45) is 0 Å². The number of aromatic nitrogens is 1. The van der Waals surface area contributed by atoms with Crippen LogP contribution in [0.25, 0.3) is 10.9 Å². The number of halogens is 1. The van der Waals surface area contributed by atoms with Crippen molar-refractivity contribution in [2.45, 2.75) is 65.3 Å². The number of benzene rings is 1. The lowest BCUT2D eigenvalue weighted by atomic mass is 9.74. The molecule has 6 heteroatoms. The average molecular weight is 478 g/mol. The Kier molecular flexibility index (Phi) is 6.24. The Balaban J connectivity index is 1.82. The van der Waals surface area contributed by atoms with E-state index in [1.54, 1.807) is 5.56 Å². The highest BCUT2D eigenvalue weighted by Crippen LogP contribution is 2.46. The maximum absolute atomic E-state index is 5.73. The maximum Gasteiger partial charge on any atom is 0.188 e. The van der Waals surface area contributed by atoms with Crippen LogP contribution >= 0.6 is 28.1 Å². The van der Waals surface area contributed by atoms with E-state index in [0.717, 1.165) is 29.2 Å². The highest BCUT2D eigenvalue weighted by Gasteiger charge is 2.39. The summed E-state index contributed by atoms with van der Waals surface area (Å²) in [5, 5.41) is 2.23. The molecule has 0 saturated carbocycles. The van der Waals surface area contributed by atoms with E-state index in [1.165, 1.54) is 54.4 Å². The number of hydrogen-bond acceptors (Lipinski definition) is 2. The van der Waals surface area contributed by atoms with Crippen LogP contribution in [-0.4, -0.2) is 51.8 Å². The second-order valence-electron chi connectivity index (χ2n) is 8.50. The zero-order valence-electron chi connectivity index (χ0n) is 18.1. The van der Waals surface area contributed by atoms with Gasteiger partial charge in [0, 0.05) is 30.4 Å². The lowest BCUT2D eigenvalue weighted by Crippen LogP contribution is -2.47. The number of rotatable bonds is 5. The molecule has 29 heavy (non-hydrogen) atoms. The summed E-state index contributed by atoms with van der Waals surface area (Å²) < 4.78 is 3.32. The van der Waals surface area contributed by atoms with Crippen LogP contribution in [0.4, 0.5) is 0 Å². The molecule has 1 aromatic carbocycles. The Labute approximate surface area is 188 Å². The number of likely N-dealkylation sites (tertiary alicyclic amines) is 1. The molecule has 0 unspecified atom stereocenters. The molecule has 1 N–H and O–H groups in total. The molecule has 4 rings (SSSR count). The van der Waals surface area contributed by atoms with E-state index in [0.29, 0.717) is 12.0 Å². The van der Waals surface area contributed by atoms with E-state index in [4.69, 9.17) is 12.2 Å². The minimum atomic E-state index is 0.614. The molecular formula is C23H33BrN4S. The van der Waals surface area contributed by atoms with Gasteiger partial charge in [0.2, 0.25) is 0 Å². The van der Waals surface area contributed by atoms with E-state index >= 15 is 0 Å². The number of hydrogen-bond donors (Lipinski definition) is 1. The summed E-state index contributed by atoms with van der Waals surface area (Å²) in [6, 6.07) is 5.36. The van der Waals surface area contributed by atoms with Gasteiger partial charge in [0.1, 0.15) is 4.60 Å². The van der Waals surface area contributed by atoms with Gasteiger partial charge in [-0.15, -0.1) is 0 Å². The number of fused-ring (bicyclic) bond motifs is 2. The van der Waals surface area contributed by atoms with E-state index in [2.05, 4.69) is 75.7 Å². The number of nitrogens with zero attached hydrogens (tertiary/aromatic N) is 3. The molecule has 0 spiro atoms. The van der Waals surface area contributed by atoms with Gasteiger partial charge in [-0.3, -0.25) is 10.3 Å². The summed E-state index contributed by atoms with van der Waals surface area (Å²) in [7, 11) is 0. The fourth-order valence-corrected chi connectivity index (χ4v) is 6.43. The molecule has 158 valence electrons. The predicted molar refractivity (Wildman–Crippen MR) is 131 cm³/mol. The monoisotopic (exact) mass is 476 g/mol. The average Bonchev–Trinajstić information content (AvgIpc) is 2.96. The topological polar surface area (TPSA) is 23.4 Å². The number of piperidine rings is 1. The van der Waals surface area contributed by atoms with Crippen LogP contribution < -0.4 is 5.43 Å². The Morgan fingerprint density at radius 1 is 1.28 bits per heavy atom. The van der Waals surface area contributed by atoms with Crippen LogP contribution in [0.3, 0.4) is 0 Å². The zero-order chi connectivity index (χ0) is 20.7. The fraction of sp³-hybridized carbons (Fsp3) is 0.609. The van der Waals surface area contributed by atoms with Crippen LogP contribution in [-0.2, 0) is 6.42 Å². The van der Waals surface area contributed by atoms with Gasteiger partial charge in [-0.25, -0.2) is 4.68 Å². The van der Waals surface area contributed by atoms with Crippen molar-refractivity contribution in [3.63, 3.8) is 0 Å². The van der Waals surface area contributed by atoms with Gasteiger partial charge in [-0.05, 0) is 110 Å². The van der Waals surface area contributed by atoms with E-state index < -0.39 is 0 Å². The standard InChI is InChI=1S/C23H33BrN4S/c1-5-10-27-11-8-9-16-17-12-15(4)13-20-21(17)18(14-19(16)27)22(24)28(20)25-23(29)26(6-2)7-3/h12-13,16,19H,5-11,14H2,1-4H3,(H,25,29)/t16-,19-/m1/s1. The lowest BCUT2D eigenvalue weighted by molar-refractivity contribution is 0.124. The van der Waals surface area contributed by atoms with Crippen molar-refractivity contribution in [2.75, 3.05) is 31.6 Å². The normalized spacial score (nSPS) is 21.3. The molecule has 0 bridgehead atoms. The second kappa shape index (κ2) is 8.56. The van der Waals surface area contributed by atoms with E-state index in [-0.39, 0.29) is 0 Å². The van der Waals surface area contributed by atoms with Crippen molar-refractivity contribution >= 4 is 44.2 Å². The van der Waals surface area contributed by atoms with Gasteiger partial charge in [0.15, 0.2) is 5.11 Å². The molecule has 2 atom stereocenters. The minimum absolute atomic E-state index is 0.614. The largest absolute Gasteiger partial charge is 0.348 e. The Bertz CT molecular complexity index is 915. The van der Waals surface area contributed by atoms with Crippen molar-refractivity contribution in [3.8, 4) is 0 Å². The Hall–Kier alpha value is -1.11. The van der Waals surface area contributed by atoms with Crippen molar-refractivity contribution < 1.29 is 0 Å². The van der Waals surface area contributed by atoms with Gasteiger partial charge >= 0.3 is 0 Å². The number of aryl methyl sites for hydroxylation is 1. The minimum Gasteiger partial charge on any atom is -0.348 e. The molecule has 0 radical (unpaired) electrons. The summed E-state index contributed by atoms with van der Waals surface area (Å²) in [6.07, 6.45) is 4.95. The highest BCUT2D eigenvalue weighted by molar-refractivity contribution is 9.10. The maximum atomic E-state index is 5.73. The van der Waals surface area contributed by atoms with Crippen LogP contribution in [0.15, 0.2) is 16.7 Å². The molecule has 1 aliphatic heterocycles. The predicted octanol–water partition coefficient (Wildman–Crippen LogP) is 5.40. The number of nitrogens with one attached hydrogen (secondary N) is 1. The Morgan fingerprint density at radius 2 is 2.03 bits per heavy atom. The first-order valence-corrected chi connectivity index (χ1v) is 12.3. The zero-order valence-corrected chi connectivity index (χ0v) is 20.5. The third kappa shape index (κ3) is 3.61. The molecule has 0 amide bonds. The fourth-order valence-electron chi connectivity index (χ4n) is 5.44. The molecule has 1 aromatic heterocycles. The van der Waals surface area contributed by atoms with Gasteiger partial charge in [0.05, 0.1) is 5.52 Å². The molecule has 2 aromatic rings. The van der Waals surface area contributed by atoms with Crippen LogP contribution in [0.1, 0.15) is 62.6 Å². The summed E-state index contributed by atoms with van der Waals surface area (Å²) in [5.74, 6) is 0.641. The third-order valence-electron chi connectivity index (χ3n) is 6.76. The summed E-state index contributed by atoms with van der Waals surface area (Å²) in [5.41, 5.74) is 9.09. The van der Waals surface area contributed by atoms with Crippen molar-refractivity contribution in [1.29, 1.82) is 0 Å². The number of thiocarbonyl (C=S) groups is 1. The van der Waals surface area contributed by atoms with Gasteiger partial charge in [-0.2, -0.15) is 0 Å². The van der Waals surface area contributed by atoms with Gasteiger partial charge in [0.25, 0.3) is 0 Å².